The van der Waals surface area contributed by atoms with Gasteiger partial charge in [-0.3, -0.25) is 0 Å². The zero-order valence-corrected chi connectivity index (χ0v) is 10.6. The van der Waals surface area contributed by atoms with Crippen molar-refractivity contribution in [2.24, 2.45) is 0 Å². The SMILES string of the molecule is COCCNS(=O)(=O)c1cc(N)cc(Cl)c1F. The van der Waals surface area contributed by atoms with Gasteiger partial charge in [0.15, 0.2) is 5.82 Å². The summed E-state index contributed by atoms with van der Waals surface area (Å²) in [4.78, 5) is -0.571. The van der Waals surface area contributed by atoms with E-state index in [1.165, 1.54) is 7.11 Å². The maximum absolute atomic E-state index is 13.5. The maximum Gasteiger partial charge on any atom is 0.243 e. The van der Waals surface area contributed by atoms with Gasteiger partial charge in [-0.15, -0.1) is 0 Å². The predicted molar refractivity (Wildman–Crippen MR) is 62.9 cm³/mol. The predicted octanol–water partition coefficient (Wildman–Crippen LogP) is 0.986. The van der Waals surface area contributed by atoms with E-state index in [4.69, 9.17) is 17.3 Å². The largest absolute Gasteiger partial charge is 0.399 e. The number of sulfonamides is 1. The normalized spacial score (nSPS) is 11.7. The van der Waals surface area contributed by atoms with Gasteiger partial charge in [0.1, 0.15) is 4.90 Å². The summed E-state index contributed by atoms with van der Waals surface area (Å²) in [6.45, 7) is 0.210. The van der Waals surface area contributed by atoms with E-state index in [0.717, 1.165) is 12.1 Å². The van der Waals surface area contributed by atoms with E-state index in [9.17, 15) is 12.8 Å². The number of benzene rings is 1. The Morgan fingerprint density at radius 3 is 2.76 bits per heavy atom. The summed E-state index contributed by atoms with van der Waals surface area (Å²) in [6.07, 6.45) is 0. The molecule has 0 aliphatic heterocycles. The van der Waals surface area contributed by atoms with Crippen molar-refractivity contribution >= 4 is 27.3 Å². The van der Waals surface area contributed by atoms with Crippen LogP contribution < -0.4 is 10.5 Å². The Kier molecular flexibility index (Phi) is 4.70. The minimum absolute atomic E-state index is 0.0324. The highest BCUT2D eigenvalue weighted by Gasteiger charge is 2.21. The number of anilines is 1. The van der Waals surface area contributed by atoms with E-state index in [-0.39, 0.29) is 23.9 Å². The molecule has 5 nitrogen and oxygen atoms in total. The third kappa shape index (κ3) is 3.53. The second-order valence-electron chi connectivity index (χ2n) is 3.21. The fourth-order valence-corrected chi connectivity index (χ4v) is 2.56. The number of halogens is 2. The van der Waals surface area contributed by atoms with E-state index in [1.807, 2.05) is 0 Å². The van der Waals surface area contributed by atoms with Crippen molar-refractivity contribution in [2.45, 2.75) is 4.90 Å². The zero-order chi connectivity index (χ0) is 13.1. The van der Waals surface area contributed by atoms with E-state index >= 15 is 0 Å². The molecule has 17 heavy (non-hydrogen) atoms. The highest BCUT2D eigenvalue weighted by Crippen LogP contribution is 2.25. The lowest BCUT2D eigenvalue weighted by Gasteiger charge is -2.09. The summed E-state index contributed by atoms with van der Waals surface area (Å²) in [6, 6.07) is 2.15. The smallest absolute Gasteiger partial charge is 0.243 e. The molecule has 96 valence electrons. The molecule has 1 rings (SSSR count). The van der Waals surface area contributed by atoms with Crippen LogP contribution in [0.2, 0.25) is 5.02 Å². The van der Waals surface area contributed by atoms with Crippen molar-refractivity contribution in [3.8, 4) is 0 Å². The van der Waals surface area contributed by atoms with Gasteiger partial charge in [-0.2, -0.15) is 0 Å². The number of hydrogen-bond donors (Lipinski definition) is 2. The van der Waals surface area contributed by atoms with Crippen molar-refractivity contribution in [3.63, 3.8) is 0 Å². The van der Waals surface area contributed by atoms with Crippen LogP contribution in [0.5, 0.6) is 0 Å². The summed E-state index contributed by atoms with van der Waals surface area (Å²) in [5.74, 6) is -1.02. The average molecular weight is 283 g/mol. The Morgan fingerprint density at radius 1 is 1.53 bits per heavy atom. The van der Waals surface area contributed by atoms with Crippen LogP contribution in [-0.4, -0.2) is 28.7 Å². The number of ether oxygens (including phenoxy) is 1. The third-order valence-electron chi connectivity index (χ3n) is 1.90. The molecule has 0 amide bonds. The lowest BCUT2D eigenvalue weighted by atomic mass is 10.3. The van der Waals surface area contributed by atoms with Gasteiger partial charge in [0.25, 0.3) is 0 Å². The van der Waals surface area contributed by atoms with Gasteiger partial charge < -0.3 is 10.5 Å². The summed E-state index contributed by atoms with van der Waals surface area (Å²) in [7, 11) is -2.55. The highest BCUT2D eigenvalue weighted by molar-refractivity contribution is 7.89. The van der Waals surface area contributed by atoms with Gasteiger partial charge in [-0.25, -0.2) is 17.5 Å². The number of rotatable bonds is 5. The van der Waals surface area contributed by atoms with Crippen molar-refractivity contribution in [1.29, 1.82) is 0 Å². The van der Waals surface area contributed by atoms with Crippen LogP contribution in [-0.2, 0) is 14.8 Å². The fraction of sp³-hybridized carbons (Fsp3) is 0.333. The van der Waals surface area contributed by atoms with Crippen molar-refractivity contribution in [2.75, 3.05) is 26.0 Å². The summed E-state index contributed by atoms with van der Waals surface area (Å²) < 4.78 is 43.8. The molecule has 0 aromatic heterocycles. The van der Waals surface area contributed by atoms with E-state index in [2.05, 4.69) is 9.46 Å². The lowest BCUT2D eigenvalue weighted by molar-refractivity contribution is 0.204. The van der Waals surface area contributed by atoms with E-state index in [1.54, 1.807) is 0 Å². The molecule has 1 aromatic rings. The molecule has 0 spiro atoms. The molecule has 0 saturated heterocycles. The molecular formula is C9H12ClFN2O3S. The second-order valence-corrected chi connectivity index (χ2v) is 5.35. The van der Waals surface area contributed by atoms with Crippen LogP contribution in [0.1, 0.15) is 0 Å². The Bertz CT molecular complexity index is 507. The van der Waals surface area contributed by atoms with Crippen LogP contribution in [0.15, 0.2) is 17.0 Å². The minimum Gasteiger partial charge on any atom is -0.399 e. The fourth-order valence-electron chi connectivity index (χ4n) is 1.14. The van der Waals surface area contributed by atoms with E-state index in [0.29, 0.717) is 0 Å². The highest BCUT2D eigenvalue weighted by atomic mass is 35.5. The number of nitrogens with one attached hydrogen (secondary N) is 1. The monoisotopic (exact) mass is 282 g/mol. The van der Waals surface area contributed by atoms with E-state index < -0.39 is 20.7 Å². The molecule has 1 aromatic carbocycles. The van der Waals surface area contributed by atoms with Crippen molar-refractivity contribution in [3.05, 3.63) is 23.0 Å². The Balaban J connectivity index is 3.06. The summed E-state index contributed by atoms with van der Waals surface area (Å²) >= 11 is 5.51. The molecular weight excluding hydrogens is 271 g/mol. The number of nitrogen functional groups attached to an aromatic ring is 1. The molecule has 0 unspecified atom stereocenters. The summed E-state index contributed by atoms with van der Waals surface area (Å²) in [5, 5.41) is -0.336. The van der Waals surface area contributed by atoms with Crippen LogP contribution in [0, 0.1) is 5.82 Å². The van der Waals surface area contributed by atoms with Gasteiger partial charge in [0.05, 0.1) is 11.6 Å². The zero-order valence-electron chi connectivity index (χ0n) is 9.04. The first-order valence-corrected chi connectivity index (χ1v) is 6.47. The molecule has 8 heteroatoms. The van der Waals surface area contributed by atoms with Crippen LogP contribution in [0.4, 0.5) is 10.1 Å². The number of hydrogen-bond acceptors (Lipinski definition) is 4. The molecule has 0 radical (unpaired) electrons. The third-order valence-corrected chi connectivity index (χ3v) is 3.64. The Hall–Kier alpha value is -0.890. The van der Waals surface area contributed by atoms with Crippen LogP contribution >= 0.6 is 11.6 Å². The van der Waals surface area contributed by atoms with Gasteiger partial charge in [-0.05, 0) is 12.1 Å². The van der Waals surface area contributed by atoms with Gasteiger partial charge >= 0.3 is 0 Å². The molecule has 0 bridgehead atoms. The van der Waals surface area contributed by atoms with Crippen LogP contribution in [0.25, 0.3) is 0 Å². The van der Waals surface area contributed by atoms with Crippen LogP contribution in [0.3, 0.4) is 0 Å². The summed E-state index contributed by atoms with van der Waals surface area (Å²) in [5.41, 5.74) is 5.48. The van der Waals surface area contributed by atoms with Gasteiger partial charge in [-0.1, -0.05) is 11.6 Å². The van der Waals surface area contributed by atoms with Gasteiger partial charge in [0.2, 0.25) is 10.0 Å². The first kappa shape index (κ1) is 14.2. The van der Waals surface area contributed by atoms with Gasteiger partial charge in [0, 0.05) is 19.3 Å². The molecule has 0 aliphatic rings. The molecule has 0 fully saturated rings. The number of methoxy groups -OCH3 is 1. The molecule has 0 atom stereocenters. The maximum atomic E-state index is 13.5. The lowest BCUT2D eigenvalue weighted by Crippen LogP contribution is -2.28. The Labute approximate surface area is 104 Å². The molecule has 0 heterocycles. The molecule has 0 aliphatic carbocycles. The minimum atomic E-state index is -3.98. The second kappa shape index (κ2) is 5.63. The topological polar surface area (TPSA) is 81.4 Å². The Morgan fingerprint density at radius 2 is 2.18 bits per heavy atom. The first-order valence-electron chi connectivity index (χ1n) is 4.61. The number of nitrogens with two attached hydrogens (primary N) is 1. The van der Waals surface area contributed by atoms with Crippen molar-refractivity contribution in [1.82, 2.24) is 4.72 Å². The standard InChI is InChI=1S/C9H12ClFN2O3S/c1-16-3-2-13-17(14,15)8-5-6(12)4-7(10)9(8)11/h4-5,13H,2-3,12H2,1H3. The molecule has 3 N–H and O–H groups in total. The average Bonchev–Trinajstić information content (AvgIpc) is 2.23. The van der Waals surface area contributed by atoms with Crippen molar-refractivity contribution < 1.29 is 17.5 Å². The first-order chi connectivity index (χ1) is 7.88. The quantitative estimate of drug-likeness (QED) is 0.623. The molecule has 0 saturated carbocycles.